The van der Waals surface area contributed by atoms with Gasteiger partial charge in [0.1, 0.15) is 6.04 Å². The molecule has 0 radical (unpaired) electrons. The molecule has 1 aliphatic rings. The van der Waals surface area contributed by atoms with E-state index in [-0.39, 0.29) is 11.8 Å². The van der Waals surface area contributed by atoms with Gasteiger partial charge in [-0.2, -0.15) is 11.8 Å². The van der Waals surface area contributed by atoms with Crippen LogP contribution in [0.2, 0.25) is 0 Å². The van der Waals surface area contributed by atoms with Gasteiger partial charge in [0, 0.05) is 5.92 Å². The lowest BCUT2D eigenvalue weighted by Gasteiger charge is -2.23. The van der Waals surface area contributed by atoms with Gasteiger partial charge in [-0.15, -0.1) is 0 Å². The molecule has 0 spiro atoms. The lowest BCUT2D eigenvalue weighted by Crippen LogP contribution is -2.46. The van der Waals surface area contributed by atoms with Crippen LogP contribution in [-0.2, 0) is 9.59 Å². The lowest BCUT2D eigenvalue weighted by atomic mass is 9.97. The summed E-state index contributed by atoms with van der Waals surface area (Å²) in [6, 6.07) is -0.746. The Bertz CT molecular complexity index is 267. The van der Waals surface area contributed by atoms with E-state index in [0.717, 1.165) is 31.7 Å². The Morgan fingerprint density at radius 2 is 2.12 bits per heavy atom. The fraction of sp³-hybridized carbons (Fsp3) is 0.818. The highest BCUT2D eigenvalue weighted by molar-refractivity contribution is 7.98. The lowest BCUT2D eigenvalue weighted by molar-refractivity contribution is -0.142. The highest BCUT2D eigenvalue weighted by Crippen LogP contribution is 2.12. The van der Waals surface area contributed by atoms with Gasteiger partial charge in [0.25, 0.3) is 0 Å². The third kappa shape index (κ3) is 4.95. The number of carbonyl (C=O) groups excluding carboxylic acids is 1. The zero-order chi connectivity index (χ0) is 12.7. The standard InChI is InChI=1S/C11H20N2O3S/c1-17-7-4-9(11(15)16)13-10(14)8-2-5-12-6-3-8/h8-9,12H,2-7H2,1H3,(H,13,14)(H,15,16)/t9-/m1/s1. The molecule has 1 saturated heterocycles. The Morgan fingerprint density at radius 1 is 1.47 bits per heavy atom. The maximum Gasteiger partial charge on any atom is 0.326 e. The van der Waals surface area contributed by atoms with Crippen LogP contribution in [0, 0.1) is 5.92 Å². The van der Waals surface area contributed by atoms with Crippen LogP contribution in [0.25, 0.3) is 0 Å². The van der Waals surface area contributed by atoms with Gasteiger partial charge in [0.2, 0.25) is 5.91 Å². The number of carboxylic acids is 1. The van der Waals surface area contributed by atoms with Crippen LogP contribution in [0.4, 0.5) is 0 Å². The zero-order valence-electron chi connectivity index (χ0n) is 10.1. The van der Waals surface area contributed by atoms with E-state index in [0.29, 0.717) is 6.42 Å². The molecule has 0 saturated carbocycles. The Balaban J connectivity index is 2.42. The maximum absolute atomic E-state index is 11.9. The van der Waals surface area contributed by atoms with E-state index < -0.39 is 12.0 Å². The van der Waals surface area contributed by atoms with Crippen molar-refractivity contribution in [3.8, 4) is 0 Å². The molecule has 0 aromatic heterocycles. The Morgan fingerprint density at radius 3 is 2.65 bits per heavy atom. The number of nitrogens with one attached hydrogen (secondary N) is 2. The number of amides is 1. The summed E-state index contributed by atoms with van der Waals surface area (Å²) in [6.07, 6.45) is 3.99. The smallest absolute Gasteiger partial charge is 0.326 e. The second-order valence-corrected chi connectivity index (χ2v) is 5.19. The first-order valence-electron chi connectivity index (χ1n) is 5.88. The van der Waals surface area contributed by atoms with Crippen molar-refractivity contribution >= 4 is 23.6 Å². The summed E-state index contributed by atoms with van der Waals surface area (Å²) in [6.45, 7) is 1.67. The number of carbonyl (C=O) groups is 2. The van der Waals surface area contributed by atoms with Gasteiger partial charge in [-0.1, -0.05) is 0 Å². The van der Waals surface area contributed by atoms with Gasteiger partial charge in [0.15, 0.2) is 0 Å². The molecular weight excluding hydrogens is 240 g/mol. The number of hydrogen-bond donors (Lipinski definition) is 3. The van der Waals surface area contributed by atoms with Gasteiger partial charge < -0.3 is 15.7 Å². The molecule has 17 heavy (non-hydrogen) atoms. The van der Waals surface area contributed by atoms with E-state index >= 15 is 0 Å². The minimum Gasteiger partial charge on any atom is -0.480 e. The van der Waals surface area contributed by atoms with E-state index in [9.17, 15) is 9.59 Å². The van der Waals surface area contributed by atoms with Gasteiger partial charge in [-0.05, 0) is 44.4 Å². The second-order valence-electron chi connectivity index (χ2n) is 4.21. The van der Waals surface area contributed by atoms with E-state index in [1.54, 1.807) is 11.8 Å². The zero-order valence-corrected chi connectivity index (χ0v) is 10.9. The van der Waals surface area contributed by atoms with Crippen LogP contribution in [-0.4, -0.2) is 48.1 Å². The third-order valence-electron chi connectivity index (χ3n) is 2.94. The topological polar surface area (TPSA) is 78.4 Å². The molecule has 6 heteroatoms. The molecule has 0 bridgehead atoms. The summed E-state index contributed by atoms with van der Waals surface area (Å²) in [5.41, 5.74) is 0. The van der Waals surface area contributed by atoms with Crippen molar-refractivity contribution in [3.05, 3.63) is 0 Å². The molecule has 98 valence electrons. The molecule has 1 aliphatic heterocycles. The van der Waals surface area contributed by atoms with E-state index in [1.807, 2.05) is 6.26 Å². The van der Waals surface area contributed by atoms with Crippen molar-refractivity contribution < 1.29 is 14.7 Å². The number of piperidine rings is 1. The summed E-state index contributed by atoms with van der Waals surface area (Å²) < 4.78 is 0. The predicted octanol–water partition coefficient (Wildman–Crippen LogP) is 0.309. The van der Waals surface area contributed by atoms with Crippen LogP contribution in [0.5, 0.6) is 0 Å². The van der Waals surface area contributed by atoms with Crippen molar-refractivity contribution in [1.82, 2.24) is 10.6 Å². The van der Waals surface area contributed by atoms with Crippen LogP contribution >= 0.6 is 11.8 Å². The molecule has 0 aromatic rings. The normalized spacial score (nSPS) is 18.6. The van der Waals surface area contributed by atoms with Crippen LogP contribution in [0.1, 0.15) is 19.3 Å². The fourth-order valence-electron chi connectivity index (χ4n) is 1.87. The Labute approximate surface area is 106 Å². The molecule has 3 N–H and O–H groups in total. The van der Waals surface area contributed by atoms with E-state index in [1.165, 1.54) is 0 Å². The summed E-state index contributed by atoms with van der Waals surface area (Å²) >= 11 is 1.59. The first kappa shape index (κ1) is 14.3. The predicted molar refractivity (Wildman–Crippen MR) is 68.2 cm³/mol. The van der Waals surface area contributed by atoms with E-state index in [2.05, 4.69) is 10.6 Å². The summed E-state index contributed by atoms with van der Waals surface area (Å²) in [5, 5.41) is 14.8. The van der Waals surface area contributed by atoms with E-state index in [4.69, 9.17) is 5.11 Å². The molecule has 0 aliphatic carbocycles. The van der Waals surface area contributed by atoms with Gasteiger partial charge in [-0.3, -0.25) is 4.79 Å². The fourth-order valence-corrected chi connectivity index (χ4v) is 2.34. The molecule has 1 atom stereocenters. The molecule has 0 aromatic carbocycles. The Kier molecular flexibility index (Phi) is 6.36. The first-order valence-corrected chi connectivity index (χ1v) is 7.27. The molecule has 1 amide bonds. The molecule has 0 unspecified atom stereocenters. The highest BCUT2D eigenvalue weighted by atomic mass is 32.2. The van der Waals surface area contributed by atoms with Crippen molar-refractivity contribution in [2.45, 2.75) is 25.3 Å². The minimum absolute atomic E-state index is 0.0348. The number of aliphatic carboxylic acids is 1. The average Bonchev–Trinajstić information content (AvgIpc) is 2.35. The van der Waals surface area contributed by atoms with Crippen molar-refractivity contribution in [1.29, 1.82) is 0 Å². The number of carboxylic acid groups (broad SMARTS) is 1. The van der Waals surface area contributed by atoms with Crippen LogP contribution in [0.3, 0.4) is 0 Å². The molecule has 1 rings (SSSR count). The van der Waals surface area contributed by atoms with Crippen LogP contribution in [0.15, 0.2) is 0 Å². The summed E-state index contributed by atoms with van der Waals surface area (Å²) in [5.74, 6) is -0.350. The van der Waals surface area contributed by atoms with Crippen molar-refractivity contribution in [2.75, 3.05) is 25.1 Å². The monoisotopic (exact) mass is 260 g/mol. The average molecular weight is 260 g/mol. The van der Waals surface area contributed by atoms with Crippen molar-refractivity contribution in [2.24, 2.45) is 5.92 Å². The SMILES string of the molecule is CSCC[C@@H](NC(=O)C1CCNCC1)C(=O)O. The molecule has 5 nitrogen and oxygen atoms in total. The van der Waals surface area contributed by atoms with Gasteiger partial charge in [0.05, 0.1) is 0 Å². The molecular formula is C11H20N2O3S. The van der Waals surface area contributed by atoms with Crippen molar-refractivity contribution in [3.63, 3.8) is 0 Å². The summed E-state index contributed by atoms with van der Waals surface area (Å²) in [4.78, 5) is 22.9. The van der Waals surface area contributed by atoms with Gasteiger partial charge in [-0.25, -0.2) is 4.79 Å². The largest absolute Gasteiger partial charge is 0.480 e. The third-order valence-corrected chi connectivity index (χ3v) is 3.58. The van der Waals surface area contributed by atoms with Gasteiger partial charge >= 0.3 is 5.97 Å². The highest BCUT2D eigenvalue weighted by Gasteiger charge is 2.25. The maximum atomic E-state index is 11.9. The van der Waals surface area contributed by atoms with Crippen LogP contribution < -0.4 is 10.6 Å². The number of hydrogen-bond acceptors (Lipinski definition) is 4. The second kappa shape index (κ2) is 7.55. The quantitative estimate of drug-likeness (QED) is 0.640. The summed E-state index contributed by atoms with van der Waals surface area (Å²) in [7, 11) is 0. The molecule has 1 heterocycles. The number of rotatable bonds is 6. The number of thioether (sulfide) groups is 1. The first-order chi connectivity index (χ1) is 8.15. The minimum atomic E-state index is -0.943. The molecule has 1 fully saturated rings. The Hall–Kier alpha value is -0.750.